The van der Waals surface area contributed by atoms with E-state index in [0.29, 0.717) is 19.3 Å². The van der Waals surface area contributed by atoms with Gasteiger partial charge in [0.25, 0.3) is 8.00 Å². The molecule has 3 unspecified atom stereocenters. The van der Waals surface area contributed by atoms with E-state index in [0.717, 1.165) is 51.4 Å². The molecule has 0 spiro atoms. The third kappa shape index (κ3) is 18.4. The predicted octanol–water partition coefficient (Wildman–Crippen LogP) is 6.14. The average Bonchev–Trinajstić information content (AvgIpc) is 2.85. The van der Waals surface area contributed by atoms with E-state index in [1.165, 1.54) is 38.5 Å². The summed E-state index contributed by atoms with van der Waals surface area (Å²) in [5, 5.41) is -0.816. The molecule has 37 heavy (non-hydrogen) atoms. The van der Waals surface area contributed by atoms with Gasteiger partial charge in [-0.3, -0.25) is 4.89 Å². The molecule has 0 rings (SSSR count). The van der Waals surface area contributed by atoms with Crippen molar-refractivity contribution in [2.24, 2.45) is 0 Å². The number of unbranched alkanes of at least 4 members (excludes halogenated alkanes) is 13. The van der Waals surface area contributed by atoms with Crippen LogP contribution < -0.4 is 4.89 Å². The third-order valence-electron chi connectivity index (χ3n) is 6.43. The zero-order chi connectivity index (χ0) is 27.9. The molecular weight excluding hydrogens is 515 g/mol. The Morgan fingerprint density at radius 1 is 0.811 bits per heavy atom. The van der Waals surface area contributed by atoms with Gasteiger partial charge in [-0.15, -0.1) is 0 Å². The number of rotatable bonds is 25. The molecule has 0 aliphatic carbocycles. The Balaban J connectivity index is 4.91. The van der Waals surface area contributed by atoms with Crippen molar-refractivity contribution in [3.05, 3.63) is 0 Å². The molecule has 0 radical (unpaired) electrons. The van der Waals surface area contributed by atoms with E-state index in [1.54, 1.807) is 13.8 Å². The van der Waals surface area contributed by atoms with Gasteiger partial charge < -0.3 is 9.63 Å². The summed E-state index contributed by atoms with van der Waals surface area (Å²) in [5.74, 6) is -1.14. The van der Waals surface area contributed by atoms with Crippen LogP contribution in [0, 0.1) is 0 Å². The fourth-order valence-electron chi connectivity index (χ4n) is 4.21. The number of hydrogen-bond donors (Lipinski definition) is 1. The lowest BCUT2D eigenvalue weighted by Crippen LogP contribution is -2.37. The quantitative estimate of drug-likeness (QED) is 0.0603. The lowest BCUT2D eigenvalue weighted by Gasteiger charge is -2.23. The first-order valence-electron chi connectivity index (χ1n) is 14.5. The summed E-state index contributed by atoms with van der Waals surface area (Å²) < 4.78 is 31.5. The van der Waals surface area contributed by atoms with Gasteiger partial charge in [-0.2, -0.15) is 9.78 Å². The van der Waals surface area contributed by atoms with Gasteiger partial charge in [-0.25, -0.2) is 13.2 Å². The highest BCUT2D eigenvalue weighted by atomic mass is 32.2. The zero-order valence-electron chi connectivity index (χ0n) is 23.8. The second kappa shape index (κ2) is 23.3. The van der Waals surface area contributed by atoms with Gasteiger partial charge in [0.05, 0.1) is 17.6 Å². The topological polar surface area (TPSA) is 122 Å². The maximum absolute atomic E-state index is 13.2. The van der Waals surface area contributed by atoms with Crippen LogP contribution in [0.1, 0.15) is 137 Å². The van der Waals surface area contributed by atoms with E-state index in [2.05, 4.69) is 13.8 Å². The van der Waals surface area contributed by atoms with Gasteiger partial charge >= 0.3 is 11.4 Å². The zero-order valence-corrected chi connectivity index (χ0v) is 25.5. The Kier molecular flexibility index (Phi) is 23.0. The summed E-state index contributed by atoms with van der Waals surface area (Å²) in [7, 11) is -6.53. The van der Waals surface area contributed by atoms with E-state index >= 15 is 0 Å². The van der Waals surface area contributed by atoms with Crippen LogP contribution in [0.3, 0.4) is 0 Å². The van der Waals surface area contributed by atoms with Crippen molar-refractivity contribution in [1.29, 1.82) is 0 Å². The molecule has 0 heterocycles. The normalized spacial score (nSPS) is 14.3. The van der Waals surface area contributed by atoms with Gasteiger partial charge in [0.1, 0.15) is 6.10 Å². The van der Waals surface area contributed by atoms with Crippen LogP contribution in [0.5, 0.6) is 0 Å². The van der Waals surface area contributed by atoms with Gasteiger partial charge in [-0.1, -0.05) is 111 Å². The van der Waals surface area contributed by atoms with Crippen LogP contribution in [-0.4, -0.2) is 48.5 Å². The molecule has 0 aromatic carbocycles. The first kappa shape index (κ1) is 36.4. The van der Waals surface area contributed by atoms with Crippen LogP contribution in [-0.2, 0) is 29.1 Å². The molecule has 0 saturated carbocycles. The van der Waals surface area contributed by atoms with Gasteiger partial charge in [0.2, 0.25) is 0 Å². The Labute approximate surface area is 227 Å². The third-order valence-corrected chi connectivity index (χ3v) is 9.48. The molecule has 0 aromatic rings. The molecule has 0 bridgehead atoms. The Bertz CT molecular complexity index is 707. The maximum Gasteiger partial charge on any atom is 0.442 e. The lowest BCUT2D eigenvalue weighted by atomic mass is 10.1. The minimum atomic E-state index is -3.48. The van der Waals surface area contributed by atoms with E-state index in [-0.39, 0.29) is 12.4 Å². The van der Waals surface area contributed by atoms with Crippen molar-refractivity contribution in [1.82, 2.24) is 0 Å². The Morgan fingerprint density at radius 2 is 1.30 bits per heavy atom. The highest BCUT2D eigenvalue weighted by molar-refractivity contribution is 7.92. The van der Waals surface area contributed by atoms with E-state index in [4.69, 9.17) is 14.5 Å². The molecule has 0 aliphatic heterocycles. The number of carbonyl (C=O) groups is 1. The predicted molar refractivity (Wildman–Crippen MR) is 150 cm³/mol. The molecule has 3 atom stereocenters. The van der Waals surface area contributed by atoms with Crippen LogP contribution in [0.4, 0.5) is 0 Å². The van der Waals surface area contributed by atoms with Crippen LogP contribution >= 0.6 is 8.00 Å². The smallest absolute Gasteiger partial charge is 0.442 e. The van der Waals surface area contributed by atoms with Crippen molar-refractivity contribution >= 4 is 29.3 Å². The van der Waals surface area contributed by atoms with Crippen molar-refractivity contribution in [2.75, 3.05) is 12.4 Å². The molecule has 0 amide bonds. The summed E-state index contributed by atoms with van der Waals surface area (Å²) >= 11 is 0. The number of sulfone groups is 1. The van der Waals surface area contributed by atoms with Gasteiger partial charge in [0, 0.05) is 0 Å². The fourth-order valence-corrected chi connectivity index (χ4v) is 6.67. The van der Waals surface area contributed by atoms with Crippen molar-refractivity contribution < 1.29 is 37.5 Å². The first-order valence-corrected chi connectivity index (χ1v) is 17.4. The molecule has 0 fully saturated rings. The molecule has 0 aromatic heterocycles. The molecule has 8 nitrogen and oxygen atoms in total. The first-order chi connectivity index (χ1) is 17.7. The standard InChI is InChI=1S/C27H53O8PS/c1-5-8-10-12-14-15-16-18-20-23-37(31,32)25(21-19-17-13-11-9-6-2)24(4)34-35-26(28)27(36(29)30)33-22-7-3/h24-25H,5-23H2,1-4H3,(H,29,30). The van der Waals surface area contributed by atoms with E-state index in [1.807, 2.05) is 0 Å². The summed E-state index contributed by atoms with van der Waals surface area (Å²) in [6, 6.07) is 0. The van der Waals surface area contributed by atoms with Crippen molar-refractivity contribution in [3.8, 4) is 0 Å². The maximum atomic E-state index is 13.2. The lowest BCUT2D eigenvalue weighted by molar-refractivity contribution is -0.289. The monoisotopic (exact) mass is 568 g/mol. The van der Waals surface area contributed by atoms with Crippen LogP contribution in [0.25, 0.3) is 0 Å². The summed E-state index contributed by atoms with van der Waals surface area (Å²) in [6.45, 7) is 7.78. The minimum Gasteiger partial charge on any atom is -0.601 e. The number of carbonyl (C=O) groups excluding carboxylic acids is 1. The van der Waals surface area contributed by atoms with Crippen molar-refractivity contribution in [2.45, 2.75) is 148 Å². The summed E-state index contributed by atoms with van der Waals surface area (Å²) in [6.07, 6.45) is 16.1. The Hall–Kier alpha value is -0.570. The Morgan fingerprint density at radius 3 is 1.78 bits per heavy atom. The van der Waals surface area contributed by atoms with Crippen LogP contribution in [0.15, 0.2) is 0 Å². The summed E-state index contributed by atoms with van der Waals surface area (Å²) in [5.41, 5.74) is -0.728. The number of hydrogen-bond acceptors (Lipinski definition) is 8. The molecule has 220 valence electrons. The highest BCUT2D eigenvalue weighted by Gasteiger charge is 2.33. The van der Waals surface area contributed by atoms with Crippen molar-refractivity contribution in [3.63, 3.8) is 0 Å². The SMILES string of the molecule is CCCCCCCCCCCS(=O)(=O)C(CCCCCCCC)C(C)OOC(=O)C(OCCC)=[P+]([O-])O. The van der Waals surface area contributed by atoms with Crippen LogP contribution in [0.2, 0.25) is 0 Å². The molecular formula is C27H53O8PS. The fraction of sp³-hybridized carbons (Fsp3) is 0.926. The summed E-state index contributed by atoms with van der Waals surface area (Å²) in [4.78, 5) is 42.9. The second-order valence-corrected chi connectivity index (χ2v) is 13.2. The largest absolute Gasteiger partial charge is 0.601 e. The van der Waals surface area contributed by atoms with Gasteiger partial charge in [-0.05, 0) is 26.2 Å². The minimum absolute atomic E-state index is 0.0739. The van der Waals surface area contributed by atoms with E-state index in [9.17, 15) is 23.0 Å². The molecule has 0 saturated heterocycles. The van der Waals surface area contributed by atoms with Gasteiger partial charge in [0.15, 0.2) is 9.84 Å². The molecule has 1 N–H and O–H groups in total. The number of ether oxygens (including phenoxy) is 1. The molecule has 0 aliphatic rings. The molecule has 10 heteroatoms. The highest BCUT2D eigenvalue weighted by Crippen LogP contribution is 2.22. The second-order valence-electron chi connectivity index (χ2n) is 9.89. The van der Waals surface area contributed by atoms with E-state index < -0.39 is 40.6 Å². The average molecular weight is 569 g/mol.